The second-order valence-corrected chi connectivity index (χ2v) is 6.97. The van der Waals surface area contributed by atoms with Gasteiger partial charge in [-0.1, -0.05) is 6.42 Å². The van der Waals surface area contributed by atoms with Crippen LogP contribution in [0.3, 0.4) is 0 Å². The summed E-state index contributed by atoms with van der Waals surface area (Å²) in [7, 11) is 0. The van der Waals surface area contributed by atoms with E-state index in [4.69, 9.17) is 0 Å². The molecule has 0 saturated heterocycles. The summed E-state index contributed by atoms with van der Waals surface area (Å²) in [6.45, 7) is 1.58. The van der Waals surface area contributed by atoms with Gasteiger partial charge in [0, 0.05) is 43.7 Å². The minimum atomic E-state index is -0.00337. The Bertz CT molecular complexity index is 819. The first-order chi connectivity index (χ1) is 11.8. The second-order valence-electron chi connectivity index (χ2n) is 6.10. The topological polar surface area (TPSA) is 77.1 Å². The number of thiazole rings is 1. The van der Waals surface area contributed by atoms with Gasteiger partial charge >= 0.3 is 0 Å². The molecule has 0 radical (unpaired) electrons. The number of imidazole rings is 1. The Balaban J connectivity index is 1.30. The van der Waals surface area contributed by atoms with E-state index in [1.54, 1.807) is 11.3 Å². The van der Waals surface area contributed by atoms with Crippen molar-refractivity contribution in [2.45, 2.75) is 45.1 Å². The molecule has 1 amide bonds. The highest BCUT2D eigenvalue weighted by molar-refractivity contribution is 7.15. The van der Waals surface area contributed by atoms with E-state index in [1.807, 2.05) is 22.2 Å². The lowest BCUT2D eigenvalue weighted by atomic mass is 10.2. The highest BCUT2D eigenvalue weighted by Crippen LogP contribution is 2.14. The minimum absolute atomic E-state index is 0.00337. The summed E-state index contributed by atoms with van der Waals surface area (Å²) < 4.78 is 4.17. The van der Waals surface area contributed by atoms with Crippen molar-refractivity contribution in [2.75, 3.05) is 6.54 Å². The van der Waals surface area contributed by atoms with Crippen LogP contribution < -0.4 is 5.32 Å². The molecule has 0 aliphatic carbocycles. The van der Waals surface area contributed by atoms with E-state index in [0.717, 1.165) is 41.7 Å². The van der Waals surface area contributed by atoms with Crippen LogP contribution in [0.5, 0.6) is 0 Å². The third-order valence-electron chi connectivity index (χ3n) is 4.34. The summed E-state index contributed by atoms with van der Waals surface area (Å²) in [5, 5.41) is 13.5. The van der Waals surface area contributed by atoms with Gasteiger partial charge in [0.15, 0.2) is 4.96 Å². The van der Waals surface area contributed by atoms with Crippen molar-refractivity contribution in [3.8, 4) is 0 Å². The number of amides is 1. The van der Waals surface area contributed by atoms with Gasteiger partial charge in [0.2, 0.25) is 5.91 Å². The molecule has 7 nitrogen and oxygen atoms in total. The molecule has 0 atom stereocenters. The second kappa shape index (κ2) is 6.72. The van der Waals surface area contributed by atoms with Crippen LogP contribution in [0.15, 0.2) is 17.8 Å². The maximum absolute atomic E-state index is 12.1. The number of aryl methyl sites for hydroxylation is 1. The minimum Gasteiger partial charge on any atom is -0.355 e. The number of carbonyl (C=O) groups is 1. The number of carbonyl (C=O) groups excluding carboxylic acids is 1. The van der Waals surface area contributed by atoms with Crippen LogP contribution in [0.4, 0.5) is 0 Å². The molecule has 0 spiro atoms. The highest BCUT2D eigenvalue weighted by atomic mass is 32.1. The number of nitrogens with one attached hydrogen (secondary N) is 1. The third-order valence-corrected chi connectivity index (χ3v) is 5.11. The van der Waals surface area contributed by atoms with Crippen molar-refractivity contribution in [3.63, 3.8) is 0 Å². The molecule has 4 rings (SSSR count). The first-order valence-electron chi connectivity index (χ1n) is 8.38. The van der Waals surface area contributed by atoms with E-state index in [0.29, 0.717) is 13.0 Å². The van der Waals surface area contributed by atoms with Gasteiger partial charge in [-0.05, 0) is 12.8 Å². The molecule has 8 heteroatoms. The summed E-state index contributed by atoms with van der Waals surface area (Å²) in [4.78, 5) is 17.4. The summed E-state index contributed by atoms with van der Waals surface area (Å²) in [6.07, 6.45) is 9.52. The maximum atomic E-state index is 12.1. The molecular weight excluding hydrogens is 324 g/mol. The van der Waals surface area contributed by atoms with Crippen molar-refractivity contribution in [3.05, 3.63) is 35.1 Å². The van der Waals surface area contributed by atoms with E-state index in [-0.39, 0.29) is 5.91 Å². The lowest BCUT2D eigenvalue weighted by Crippen LogP contribution is -2.28. The van der Waals surface area contributed by atoms with E-state index in [2.05, 4.69) is 25.1 Å². The third kappa shape index (κ3) is 3.19. The molecule has 0 bridgehead atoms. The first kappa shape index (κ1) is 15.3. The van der Waals surface area contributed by atoms with Crippen molar-refractivity contribution in [2.24, 2.45) is 0 Å². The normalized spacial score (nSPS) is 14.5. The van der Waals surface area contributed by atoms with Gasteiger partial charge in [0.1, 0.15) is 11.6 Å². The molecule has 0 fully saturated rings. The van der Waals surface area contributed by atoms with Crippen LogP contribution in [0.25, 0.3) is 4.96 Å². The fourth-order valence-electron chi connectivity index (χ4n) is 3.13. The molecule has 1 aliphatic heterocycles. The van der Waals surface area contributed by atoms with Gasteiger partial charge in [-0.2, -0.15) is 0 Å². The van der Waals surface area contributed by atoms with Gasteiger partial charge < -0.3 is 9.88 Å². The quantitative estimate of drug-likeness (QED) is 0.763. The average molecular weight is 344 g/mol. The van der Waals surface area contributed by atoms with Crippen LogP contribution in [-0.2, 0) is 30.6 Å². The van der Waals surface area contributed by atoms with Crippen molar-refractivity contribution < 1.29 is 4.79 Å². The summed E-state index contributed by atoms with van der Waals surface area (Å²) >= 11 is 1.57. The Morgan fingerprint density at radius 2 is 2.25 bits per heavy atom. The zero-order valence-electron chi connectivity index (χ0n) is 13.4. The average Bonchev–Trinajstić information content (AvgIpc) is 3.19. The van der Waals surface area contributed by atoms with Crippen LogP contribution in [0.2, 0.25) is 0 Å². The number of fused-ring (bicyclic) bond motifs is 2. The molecule has 0 saturated carbocycles. The number of rotatable bonds is 5. The molecule has 24 heavy (non-hydrogen) atoms. The molecule has 0 aromatic carbocycles. The zero-order valence-corrected chi connectivity index (χ0v) is 14.3. The number of nitrogens with zero attached hydrogens (tertiary/aromatic N) is 5. The lowest BCUT2D eigenvalue weighted by Gasteiger charge is -2.07. The first-order valence-corrected chi connectivity index (χ1v) is 9.26. The van der Waals surface area contributed by atoms with Crippen molar-refractivity contribution in [1.29, 1.82) is 0 Å². The van der Waals surface area contributed by atoms with Gasteiger partial charge in [-0.25, -0.2) is 4.98 Å². The molecule has 126 valence electrons. The number of hydrogen-bond acceptors (Lipinski definition) is 5. The maximum Gasteiger partial charge on any atom is 0.226 e. The molecule has 3 aromatic heterocycles. The summed E-state index contributed by atoms with van der Waals surface area (Å²) in [5.41, 5.74) is 0.802. The largest absolute Gasteiger partial charge is 0.355 e. The van der Waals surface area contributed by atoms with Crippen molar-refractivity contribution >= 4 is 22.2 Å². The highest BCUT2D eigenvalue weighted by Gasteiger charge is 2.14. The van der Waals surface area contributed by atoms with Crippen LogP contribution in [0.1, 0.15) is 36.6 Å². The Morgan fingerprint density at radius 3 is 3.17 bits per heavy atom. The van der Waals surface area contributed by atoms with E-state index in [9.17, 15) is 4.79 Å². The Hall–Kier alpha value is -2.22. The van der Waals surface area contributed by atoms with Gasteiger partial charge in [-0.15, -0.1) is 21.5 Å². The van der Waals surface area contributed by atoms with Crippen LogP contribution >= 0.6 is 11.3 Å². The number of aromatic nitrogens is 5. The molecule has 0 unspecified atom stereocenters. The molecule has 3 aromatic rings. The summed E-state index contributed by atoms with van der Waals surface area (Å²) in [5.74, 6) is 2.07. The monoisotopic (exact) mass is 344 g/mol. The van der Waals surface area contributed by atoms with E-state index in [1.165, 1.54) is 19.3 Å². The number of hydrogen-bond donors (Lipinski definition) is 1. The lowest BCUT2D eigenvalue weighted by molar-refractivity contribution is -0.120. The standard InChI is InChI=1S/C16H20N6OS/c23-15(10-12-11-21-8-9-24-16(21)18-12)17-6-5-14-20-19-13-4-2-1-3-7-22(13)14/h8-9,11H,1-7,10H2,(H,17,23). The Morgan fingerprint density at radius 1 is 1.29 bits per heavy atom. The SMILES string of the molecule is O=C(Cc1cn2ccsc2n1)NCCc1nnc2n1CCCCC2. The van der Waals surface area contributed by atoms with Crippen LogP contribution in [0, 0.1) is 0 Å². The smallest absolute Gasteiger partial charge is 0.226 e. The van der Waals surface area contributed by atoms with Gasteiger partial charge in [0.05, 0.1) is 12.1 Å². The predicted molar refractivity (Wildman–Crippen MR) is 91.1 cm³/mol. The predicted octanol–water partition coefficient (Wildman–Crippen LogP) is 1.62. The fourth-order valence-corrected chi connectivity index (χ4v) is 3.85. The van der Waals surface area contributed by atoms with Crippen molar-refractivity contribution in [1.82, 2.24) is 29.5 Å². The fraction of sp³-hybridized carbons (Fsp3) is 0.500. The molecule has 1 N–H and O–H groups in total. The van der Waals surface area contributed by atoms with Gasteiger partial charge in [0.25, 0.3) is 0 Å². The van der Waals surface area contributed by atoms with Crippen LogP contribution in [-0.4, -0.2) is 36.6 Å². The van der Waals surface area contributed by atoms with E-state index >= 15 is 0 Å². The molecule has 1 aliphatic rings. The van der Waals surface area contributed by atoms with E-state index < -0.39 is 0 Å². The molecule has 4 heterocycles. The van der Waals surface area contributed by atoms with Gasteiger partial charge in [-0.3, -0.25) is 9.20 Å². The zero-order chi connectivity index (χ0) is 16.4. The Labute approximate surface area is 143 Å². The molecular formula is C16H20N6OS. The Kier molecular flexibility index (Phi) is 4.29. The summed E-state index contributed by atoms with van der Waals surface area (Å²) in [6, 6.07) is 0.